The van der Waals surface area contributed by atoms with Gasteiger partial charge in [0.05, 0.1) is 6.04 Å². The van der Waals surface area contributed by atoms with Crippen LogP contribution >= 0.6 is 28.3 Å². The second kappa shape index (κ2) is 5.86. The highest BCUT2D eigenvalue weighted by atomic mass is 79.9. The lowest BCUT2D eigenvalue weighted by molar-refractivity contribution is -0.0718. The van der Waals surface area contributed by atoms with Crippen LogP contribution in [-0.2, 0) is 0 Å². The lowest BCUT2D eigenvalue weighted by Gasteiger charge is -2.22. The van der Waals surface area contributed by atoms with Crippen molar-refractivity contribution in [3.8, 4) is 0 Å². The topological polar surface area (TPSA) is 46.2 Å². The summed E-state index contributed by atoms with van der Waals surface area (Å²) < 4.78 is 39.6. The van der Waals surface area contributed by atoms with Crippen molar-refractivity contribution in [1.29, 1.82) is 0 Å². The molecule has 1 aromatic carbocycles. The van der Waals surface area contributed by atoms with E-state index in [1.54, 1.807) is 0 Å². The number of aliphatic hydroxyl groups excluding tert-OH is 1. The van der Waals surface area contributed by atoms with Crippen LogP contribution in [0.25, 0.3) is 0 Å². The first-order valence-corrected chi connectivity index (χ1v) is 4.87. The Hall–Kier alpha value is -0.300. The molecule has 0 spiro atoms. The summed E-state index contributed by atoms with van der Waals surface area (Å²) in [6, 6.07) is 1.72. The molecule has 0 fully saturated rings. The molecule has 1 atom stereocenters. The number of benzene rings is 1. The maximum absolute atomic E-state index is 13.2. The predicted octanol–water partition coefficient (Wildman–Crippen LogP) is 2.64. The van der Waals surface area contributed by atoms with E-state index in [4.69, 9.17) is 10.8 Å². The van der Waals surface area contributed by atoms with Crippen molar-refractivity contribution < 1.29 is 18.3 Å². The van der Waals surface area contributed by atoms with Gasteiger partial charge in [-0.3, -0.25) is 0 Å². The molecule has 7 heteroatoms. The molecule has 1 rings (SSSR count). The van der Waals surface area contributed by atoms with Crippen molar-refractivity contribution in [3.05, 3.63) is 34.1 Å². The Bertz CT molecular complexity index is 365. The number of nitrogens with two attached hydrogens (primary N) is 1. The molecule has 2 nitrogen and oxygen atoms in total. The maximum Gasteiger partial charge on any atom is 0.289 e. The van der Waals surface area contributed by atoms with Crippen molar-refractivity contribution >= 4 is 28.3 Å². The third-order valence-corrected chi connectivity index (χ3v) is 2.45. The summed E-state index contributed by atoms with van der Waals surface area (Å²) in [6.07, 6.45) is 0. The van der Waals surface area contributed by atoms with E-state index in [9.17, 15) is 13.2 Å². The molecule has 0 aliphatic carbocycles. The fourth-order valence-electron chi connectivity index (χ4n) is 1.08. The highest BCUT2D eigenvalue weighted by Gasteiger charge is 2.38. The Morgan fingerprint density at radius 1 is 1.44 bits per heavy atom. The van der Waals surface area contributed by atoms with Crippen LogP contribution in [0.5, 0.6) is 0 Å². The molecule has 16 heavy (non-hydrogen) atoms. The van der Waals surface area contributed by atoms with Crippen LogP contribution in [0.2, 0.25) is 0 Å². The number of hydrogen-bond acceptors (Lipinski definition) is 2. The number of alkyl halides is 2. The number of aliphatic hydroxyl groups is 1. The van der Waals surface area contributed by atoms with Gasteiger partial charge in [0.2, 0.25) is 0 Å². The Morgan fingerprint density at radius 2 is 2.00 bits per heavy atom. The molecule has 0 amide bonds. The number of hydrogen-bond donors (Lipinski definition) is 2. The molecule has 0 saturated heterocycles. The summed E-state index contributed by atoms with van der Waals surface area (Å²) in [6.45, 7) is -1.42. The molecule has 3 N–H and O–H groups in total. The van der Waals surface area contributed by atoms with Gasteiger partial charge in [0.1, 0.15) is 12.4 Å². The van der Waals surface area contributed by atoms with Crippen LogP contribution in [-0.4, -0.2) is 17.6 Å². The standard InChI is InChI=1S/C9H9BrF3NO.ClH/c10-5-1-2-7(11)6(3-5)8(14)9(12,13)4-15;/h1-3,8,15H,4,14H2;1H/t8-;/m1./s1. The van der Waals surface area contributed by atoms with Gasteiger partial charge in [-0.1, -0.05) is 15.9 Å². The second-order valence-corrected chi connectivity index (χ2v) is 3.98. The Morgan fingerprint density at radius 3 is 2.50 bits per heavy atom. The van der Waals surface area contributed by atoms with Crippen molar-refractivity contribution in [1.82, 2.24) is 0 Å². The SMILES string of the molecule is Cl.N[C@H](c1cc(Br)ccc1F)C(F)(F)CO. The highest BCUT2D eigenvalue weighted by Crippen LogP contribution is 2.31. The summed E-state index contributed by atoms with van der Waals surface area (Å²) in [4.78, 5) is 0. The first kappa shape index (κ1) is 15.7. The summed E-state index contributed by atoms with van der Waals surface area (Å²) >= 11 is 3.02. The van der Waals surface area contributed by atoms with E-state index in [1.807, 2.05) is 0 Å². The first-order valence-electron chi connectivity index (χ1n) is 4.07. The average Bonchev–Trinajstić information content (AvgIpc) is 2.20. The molecule has 0 bridgehead atoms. The smallest absolute Gasteiger partial charge is 0.289 e. The number of halogens is 5. The molecule has 0 aliphatic rings. The minimum absolute atomic E-state index is 0. The summed E-state index contributed by atoms with van der Waals surface area (Å²) in [5.74, 6) is -4.36. The summed E-state index contributed by atoms with van der Waals surface area (Å²) in [7, 11) is 0. The Balaban J connectivity index is 0.00000225. The van der Waals surface area contributed by atoms with Gasteiger partial charge in [0.15, 0.2) is 0 Å². The third kappa shape index (κ3) is 3.35. The fourth-order valence-corrected chi connectivity index (χ4v) is 1.46. The lowest BCUT2D eigenvalue weighted by Crippen LogP contribution is -2.36. The van der Waals surface area contributed by atoms with E-state index in [2.05, 4.69) is 15.9 Å². The molecule has 0 saturated carbocycles. The summed E-state index contributed by atoms with van der Waals surface area (Å²) in [5.41, 5.74) is 4.85. The Kier molecular flexibility index (Phi) is 5.75. The van der Waals surface area contributed by atoms with E-state index in [-0.39, 0.29) is 18.0 Å². The van der Waals surface area contributed by atoms with Crippen LogP contribution in [0.4, 0.5) is 13.2 Å². The zero-order valence-corrected chi connectivity index (χ0v) is 10.4. The first-order chi connectivity index (χ1) is 6.88. The monoisotopic (exact) mass is 319 g/mol. The average molecular weight is 321 g/mol. The van der Waals surface area contributed by atoms with Gasteiger partial charge < -0.3 is 10.8 Å². The minimum atomic E-state index is -3.54. The van der Waals surface area contributed by atoms with Gasteiger partial charge in [-0.15, -0.1) is 12.4 Å². The van der Waals surface area contributed by atoms with Gasteiger partial charge in [-0.05, 0) is 18.2 Å². The molecule has 92 valence electrons. The van der Waals surface area contributed by atoms with E-state index in [0.29, 0.717) is 4.47 Å². The van der Waals surface area contributed by atoms with Crippen LogP contribution in [0.1, 0.15) is 11.6 Å². The van der Waals surface area contributed by atoms with Crippen molar-refractivity contribution in [2.75, 3.05) is 6.61 Å². The second-order valence-electron chi connectivity index (χ2n) is 3.06. The lowest BCUT2D eigenvalue weighted by atomic mass is 10.0. The molecule has 0 unspecified atom stereocenters. The van der Waals surface area contributed by atoms with E-state index in [1.165, 1.54) is 12.1 Å². The third-order valence-electron chi connectivity index (χ3n) is 1.96. The van der Waals surface area contributed by atoms with Crippen LogP contribution in [0, 0.1) is 5.82 Å². The zero-order valence-electron chi connectivity index (χ0n) is 7.96. The van der Waals surface area contributed by atoms with Gasteiger partial charge in [-0.2, -0.15) is 0 Å². The maximum atomic E-state index is 13.2. The number of rotatable bonds is 3. The fraction of sp³-hybridized carbons (Fsp3) is 0.333. The highest BCUT2D eigenvalue weighted by molar-refractivity contribution is 9.10. The minimum Gasteiger partial charge on any atom is -0.390 e. The molecule has 0 radical (unpaired) electrons. The van der Waals surface area contributed by atoms with Crippen LogP contribution < -0.4 is 5.73 Å². The summed E-state index contributed by atoms with van der Waals surface area (Å²) in [5, 5.41) is 8.42. The quantitative estimate of drug-likeness (QED) is 0.899. The molecular weight excluding hydrogens is 310 g/mol. The van der Waals surface area contributed by atoms with Crippen LogP contribution in [0.15, 0.2) is 22.7 Å². The van der Waals surface area contributed by atoms with E-state index < -0.39 is 24.4 Å². The van der Waals surface area contributed by atoms with Gasteiger partial charge in [0.25, 0.3) is 5.92 Å². The predicted molar refractivity (Wildman–Crippen MR) is 60.3 cm³/mol. The van der Waals surface area contributed by atoms with Crippen molar-refractivity contribution in [2.24, 2.45) is 5.73 Å². The molecule has 0 heterocycles. The van der Waals surface area contributed by atoms with Gasteiger partial charge >= 0.3 is 0 Å². The normalized spacial score (nSPS) is 13.1. The largest absolute Gasteiger partial charge is 0.390 e. The molecular formula is C9H10BrClF3NO. The molecule has 0 aromatic heterocycles. The molecule has 0 aliphatic heterocycles. The Labute approximate surface area is 105 Å². The molecule has 1 aromatic rings. The van der Waals surface area contributed by atoms with Crippen LogP contribution in [0.3, 0.4) is 0 Å². The van der Waals surface area contributed by atoms with E-state index >= 15 is 0 Å². The van der Waals surface area contributed by atoms with Crippen molar-refractivity contribution in [3.63, 3.8) is 0 Å². The zero-order chi connectivity index (χ0) is 11.6. The van der Waals surface area contributed by atoms with E-state index in [0.717, 1.165) is 6.07 Å². The van der Waals surface area contributed by atoms with Crippen molar-refractivity contribution in [2.45, 2.75) is 12.0 Å². The van der Waals surface area contributed by atoms with Gasteiger partial charge in [0, 0.05) is 10.0 Å². The van der Waals surface area contributed by atoms with Gasteiger partial charge in [-0.25, -0.2) is 13.2 Å².